The molecule has 1 N–H and O–H groups in total. The first kappa shape index (κ1) is 28.8. The molecule has 4 rings (SSSR count). The number of aryl methyl sites for hydroxylation is 1. The van der Waals surface area contributed by atoms with Gasteiger partial charge in [0.25, 0.3) is 5.91 Å². The zero-order valence-corrected chi connectivity index (χ0v) is 23.4. The van der Waals surface area contributed by atoms with Crippen LogP contribution in [0.15, 0.2) is 30.5 Å². The van der Waals surface area contributed by atoms with Crippen LogP contribution in [0.4, 0.5) is 18.4 Å². The number of fused-ring (bicyclic) bond motifs is 1. The highest BCUT2D eigenvalue weighted by atomic mass is 19.1. The van der Waals surface area contributed by atoms with Crippen molar-refractivity contribution < 1.29 is 32.6 Å². The quantitative estimate of drug-likeness (QED) is 0.516. The summed E-state index contributed by atoms with van der Waals surface area (Å²) < 4.78 is 43.1. The van der Waals surface area contributed by atoms with Crippen molar-refractivity contribution in [2.45, 2.75) is 45.8 Å². The van der Waals surface area contributed by atoms with Crippen LogP contribution < -0.4 is 5.32 Å². The Bertz CT molecular complexity index is 1440. The fourth-order valence-corrected chi connectivity index (χ4v) is 4.78. The topological polar surface area (TPSA) is 105 Å². The molecule has 40 heavy (non-hydrogen) atoms. The van der Waals surface area contributed by atoms with E-state index >= 15 is 8.78 Å². The summed E-state index contributed by atoms with van der Waals surface area (Å²) in [7, 11) is 2.64. The third-order valence-electron chi connectivity index (χ3n) is 6.62. The number of benzene rings is 1. The van der Waals surface area contributed by atoms with Gasteiger partial charge in [-0.05, 0) is 57.5 Å². The molecule has 1 atom stereocenters. The monoisotopic (exact) mass is 557 g/mol. The molecule has 3 amide bonds. The minimum Gasteiger partial charge on any atom is -0.453 e. The first-order valence-corrected chi connectivity index (χ1v) is 12.8. The lowest BCUT2D eigenvalue weighted by Gasteiger charge is -2.41. The minimum atomic E-state index is -0.955. The summed E-state index contributed by atoms with van der Waals surface area (Å²) >= 11 is 0. The number of halogens is 2. The van der Waals surface area contributed by atoms with Gasteiger partial charge in [0, 0.05) is 44.9 Å². The molecule has 3 heterocycles. The summed E-state index contributed by atoms with van der Waals surface area (Å²) in [6, 6.07) is 4.90. The van der Waals surface area contributed by atoms with E-state index in [2.05, 4.69) is 10.3 Å². The smallest absolute Gasteiger partial charge is 0.410 e. The van der Waals surface area contributed by atoms with Crippen molar-refractivity contribution in [1.82, 2.24) is 24.5 Å². The number of methoxy groups -OCH3 is 1. The molecular weight excluding hydrogens is 524 g/mol. The van der Waals surface area contributed by atoms with Crippen LogP contribution in [0, 0.1) is 18.6 Å². The van der Waals surface area contributed by atoms with Gasteiger partial charge in [-0.1, -0.05) is 0 Å². The number of pyridine rings is 1. The zero-order valence-electron chi connectivity index (χ0n) is 23.4. The molecule has 0 saturated carbocycles. The van der Waals surface area contributed by atoms with Crippen LogP contribution in [0.3, 0.4) is 0 Å². The molecule has 1 saturated heterocycles. The molecule has 1 aliphatic heterocycles. The molecule has 1 unspecified atom stereocenters. The van der Waals surface area contributed by atoms with Crippen LogP contribution in [-0.4, -0.2) is 82.7 Å². The largest absolute Gasteiger partial charge is 0.453 e. The Hall–Kier alpha value is -4.22. The van der Waals surface area contributed by atoms with Gasteiger partial charge in [0.2, 0.25) is 0 Å². The van der Waals surface area contributed by atoms with Gasteiger partial charge in [-0.3, -0.25) is 4.79 Å². The van der Waals surface area contributed by atoms with Gasteiger partial charge < -0.3 is 29.0 Å². The number of hydrogen-bond acceptors (Lipinski definition) is 6. The number of ether oxygens (including phenoxy) is 2. The molecular formula is C28H33F2N5O5. The number of imidazole rings is 1. The number of hydrogen-bond donors (Lipinski definition) is 1. The normalized spacial score (nSPS) is 15.8. The molecule has 0 aliphatic carbocycles. The average Bonchev–Trinajstić information content (AvgIpc) is 3.22. The van der Waals surface area contributed by atoms with Crippen molar-refractivity contribution in [3.63, 3.8) is 0 Å². The second-order valence-electron chi connectivity index (χ2n) is 10.7. The van der Waals surface area contributed by atoms with Gasteiger partial charge in [-0.25, -0.2) is 23.4 Å². The molecule has 214 valence electrons. The standard InChI is InChI=1S/C28H33F2N5O5/c1-16-7-8-35-21(14-18-15-33(26(37)39-6)9-10-34(18)27(38)40-28(2,3)4)24(32-22(35)11-16)23-19(29)12-17(13-20(23)30)25(36)31-5/h7-8,11-13,18H,9-10,14-15H2,1-6H3,(H,31,36). The van der Waals surface area contributed by atoms with Crippen molar-refractivity contribution in [3.8, 4) is 11.3 Å². The molecule has 2 aromatic heterocycles. The van der Waals surface area contributed by atoms with Gasteiger partial charge in [-0.2, -0.15) is 0 Å². The van der Waals surface area contributed by atoms with Crippen LogP contribution in [0.5, 0.6) is 0 Å². The Morgan fingerprint density at radius 3 is 2.38 bits per heavy atom. The second kappa shape index (κ2) is 11.1. The van der Waals surface area contributed by atoms with Crippen molar-refractivity contribution in [1.29, 1.82) is 0 Å². The number of rotatable bonds is 4. The molecule has 1 aromatic carbocycles. The van der Waals surface area contributed by atoms with Crippen LogP contribution >= 0.6 is 0 Å². The Labute approximate surface area is 230 Å². The predicted octanol–water partition coefficient (Wildman–Crippen LogP) is 4.18. The molecule has 3 aromatic rings. The van der Waals surface area contributed by atoms with Crippen LogP contribution in [0.2, 0.25) is 0 Å². The summed E-state index contributed by atoms with van der Waals surface area (Å²) in [5, 5.41) is 2.35. The summed E-state index contributed by atoms with van der Waals surface area (Å²) in [6.45, 7) is 7.63. The third kappa shape index (κ3) is 5.85. The maximum atomic E-state index is 15.4. The van der Waals surface area contributed by atoms with Gasteiger partial charge in [0.05, 0.1) is 30.1 Å². The number of amides is 3. The molecule has 1 fully saturated rings. The van der Waals surface area contributed by atoms with E-state index in [9.17, 15) is 14.4 Å². The number of aromatic nitrogens is 2. The van der Waals surface area contributed by atoms with Gasteiger partial charge >= 0.3 is 12.2 Å². The molecule has 10 nitrogen and oxygen atoms in total. The van der Waals surface area contributed by atoms with E-state index < -0.39 is 46.9 Å². The van der Waals surface area contributed by atoms with Crippen LogP contribution in [0.1, 0.15) is 42.4 Å². The predicted molar refractivity (Wildman–Crippen MR) is 143 cm³/mol. The minimum absolute atomic E-state index is 0.0309. The van der Waals surface area contributed by atoms with E-state index in [0.717, 1.165) is 17.7 Å². The Balaban J connectivity index is 1.84. The zero-order chi connectivity index (χ0) is 29.4. The van der Waals surface area contributed by atoms with Crippen molar-refractivity contribution in [2.24, 2.45) is 0 Å². The summed E-state index contributed by atoms with van der Waals surface area (Å²) in [4.78, 5) is 45.2. The van der Waals surface area contributed by atoms with Crippen molar-refractivity contribution >= 4 is 23.7 Å². The summed E-state index contributed by atoms with van der Waals surface area (Å²) in [5.41, 5.74) is 0.466. The van der Waals surface area contributed by atoms with E-state index in [1.165, 1.54) is 24.0 Å². The average molecular weight is 558 g/mol. The fraction of sp³-hybridized carbons (Fsp3) is 0.429. The maximum absolute atomic E-state index is 15.4. The van der Waals surface area contributed by atoms with Crippen molar-refractivity contribution in [3.05, 3.63) is 58.9 Å². The molecule has 0 bridgehead atoms. The van der Waals surface area contributed by atoms with E-state index in [1.54, 1.807) is 37.4 Å². The van der Waals surface area contributed by atoms with Crippen LogP contribution in [0.25, 0.3) is 16.9 Å². The Morgan fingerprint density at radius 1 is 1.10 bits per heavy atom. The highest BCUT2D eigenvalue weighted by molar-refractivity contribution is 5.94. The van der Waals surface area contributed by atoms with Gasteiger partial charge in [-0.15, -0.1) is 0 Å². The molecule has 1 aliphatic rings. The fourth-order valence-electron chi connectivity index (χ4n) is 4.78. The first-order chi connectivity index (χ1) is 18.8. The first-order valence-electron chi connectivity index (χ1n) is 12.8. The lowest BCUT2D eigenvalue weighted by atomic mass is 10.00. The van der Waals surface area contributed by atoms with Crippen LogP contribution in [-0.2, 0) is 15.9 Å². The SMILES string of the molecule is CNC(=O)c1cc(F)c(-c2nc3cc(C)ccn3c2CC2CN(C(=O)OC)CCN2C(=O)OC(C)(C)C)c(F)c1. The third-order valence-corrected chi connectivity index (χ3v) is 6.62. The lowest BCUT2D eigenvalue weighted by molar-refractivity contribution is -0.00127. The molecule has 0 spiro atoms. The van der Waals surface area contributed by atoms with Gasteiger partial charge in [0.15, 0.2) is 0 Å². The lowest BCUT2D eigenvalue weighted by Crippen LogP contribution is -2.58. The highest BCUT2D eigenvalue weighted by Crippen LogP contribution is 2.33. The molecule has 12 heteroatoms. The molecule has 0 radical (unpaired) electrons. The summed E-state index contributed by atoms with van der Waals surface area (Å²) in [6.07, 6.45) is 0.706. The van der Waals surface area contributed by atoms with Gasteiger partial charge in [0.1, 0.15) is 22.9 Å². The van der Waals surface area contributed by atoms with E-state index in [1.807, 2.05) is 13.0 Å². The number of nitrogens with zero attached hydrogens (tertiary/aromatic N) is 4. The second-order valence-corrected chi connectivity index (χ2v) is 10.7. The summed E-state index contributed by atoms with van der Waals surface area (Å²) in [5.74, 6) is -2.54. The van der Waals surface area contributed by atoms with E-state index in [0.29, 0.717) is 11.3 Å². The number of carbonyl (C=O) groups excluding carboxylic acids is 3. The highest BCUT2D eigenvalue weighted by Gasteiger charge is 2.37. The Morgan fingerprint density at radius 2 is 1.77 bits per heavy atom. The van der Waals surface area contributed by atoms with E-state index in [-0.39, 0.29) is 37.3 Å². The maximum Gasteiger partial charge on any atom is 0.410 e. The van der Waals surface area contributed by atoms with E-state index in [4.69, 9.17) is 9.47 Å². The Kier molecular flexibility index (Phi) is 7.99. The number of carbonyl (C=O) groups is 3. The number of piperazine rings is 1. The number of nitrogens with one attached hydrogen (secondary N) is 1. The van der Waals surface area contributed by atoms with Crippen molar-refractivity contribution in [2.75, 3.05) is 33.8 Å².